The lowest BCUT2D eigenvalue weighted by Crippen LogP contribution is -2.46. The Kier molecular flexibility index (Phi) is 8.34. The number of hydrogen-bond donors (Lipinski definition) is 0. The number of hydrogen-bond acceptors (Lipinski definition) is 7. The first-order valence-corrected chi connectivity index (χ1v) is 12.7. The zero-order chi connectivity index (χ0) is 26.4. The highest BCUT2D eigenvalue weighted by molar-refractivity contribution is 5.72. The lowest BCUT2D eigenvalue weighted by Gasteiger charge is -2.36. The quantitative estimate of drug-likeness (QED) is 0.396. The van der Waals surface area contributed by atoms with E-state index in [2.05, 4.69) is 45.1 Å². The number of pyridine rings is 1. The summed E-state index contributed by atoms with van der Waals surface area (Å²) in [5, 5.41) is 0. The van der Waals surface area contributed by atoms with Crippen molar-refractivity contribution in [2.75, 3.05) is 44.8 Å². The van der Waals surface area contributed by atoms with Gasteiger partial charge in [-0.25, -0.2) is 9.78 Å². The molecule has 0 bridgehead atoms. The third-order valence-corrected chi connectivity index (χ3v) is 6.22. The van der Waals surface area contributed by atoms with Crippen LogP contribution in [0, 0.1) is 6.92 Å². The van der Waals surface area contributed by atoms with Gasteiger partial charge in [0.15, 0.2) is 6.61 Å². The Morgan fingerprint density at radius 1 is 0.946 bits per heavy atom. The number of piperazine rings is 1. The molecule has 1 aliphatic heterocycles. The average Bonchev–Trinajstić information content (AvgIpc) is 2.87. The van der Waals surface area contributed by atoms with Crippen LogP contribution in [0.15, 0.2) is 60.7 Å². The van der Waals surface area contributed by atoms with Gasteiger partial charge in [-0.05, 0) is 80.8 Å². The minimum Gasteiger partial charge on any atom is -0.497 e. The second-order valence-electron chi connectivity index (χ2n) is 10.3. The first kappa shape index (κ1) is 26.5. The lowest BCUT2D eigenvalue weighted by molar-refractivity contribution is -0.157. The van der Waals surface area contributed by atoms with Gasteiger partial charge in [-0.3, -0.25) is 4.90 Å². The molecule has 0 spiro atoms. The van der Waals surface area contributed by atoms with E-state index in [-0.39, 0.29) is 12.6 Å². The molecule has 2 heterocycles. The van der Waals surface area contributed by atoms with Crippen molar-refractivity contribution in [2.45, 2.75) is 39.8 Å². The van der Waals surface area contributed by atoms with Crippen molar-refractivity contribution in [1.29, 1.82) is 0 Å². The molecule has 1 saturated heterocycles. The first-order chi connectivity index (χ1) is 17.7. The van der Waals surface area contributed by atoms with E-state index < -0.39 is 5.60 Å². The van der Waals surface area contributed by atoms with Crippen LogP contribution in [0.3, 0.4) is 0 Å². The highest BCUT2D eigenvalue weighted by Crippen LogP contribution is 2.30. The van der Waals surface area contributed by atoms with E-state index in [1.165, 1.54) is 0 Å². The smallest absolute Gasteiger partial charge is 0.344 e. The molecule has 0 N–H and O–H groups in total. The van der Waals surface area contributed by atoms with E-state index in [1.807, 2.05) is 58.0 Å². The summed E-state index contributed by atoms with van der Waals surface area (Å²) in [5.74, 6) is 2.13. The normalized spacial score (nSPS) is 14.4. The predicted molar refractivity (Wildman–Crippen MR) is 146 cm³/mol. The van der Waals surface area contributed by atoms with Gasteiger partial charge in [0.25, 0.3) is 0 Å². The summed E-state index contributed by atoms with van der Waals surface area (Å²) in [7, 11) is 1.67. The lowest BCUT2D eigenvalue weighted by atomic mass is 9.98. The SMILES string of the molecule is COc1ccc(-c2ccc(OCC(=O)OC(C)(C)C)cc2CN2CCN(c3cccc(C)n3)CC2)cc1. The number of methoxy groups -OCH3 is 1. The molecule has 1 aromatic heterocycles. The van der Waals surface area contributed by atoms with Crippen molar-refractivity contribution in [2.24, 2.45) is 0 Å². The third kappa shape index (κ3) is 7.46. The molecule has 4 rings (SSSR count). The molecule has 37 heavy (non-hydrogen) atoms. The molecule has 2 aromatic carbocycles. The summed E-state index contributed by atoms with van der Waals surface area (Å²) in [6, 6.07) is 20.3. The van der Waals surface area contributed by atoms with E-state index in [4.69, 9.17) is 14.2 Å². The topological polar surface area (TPSA) is 64.1 Å². The Balaban J connectivity index is 1.49. The van der Waals surface area contributed by atoms with Gasteiger partial charge in [0.2, 0.25) is 0 Å². The summed E-state index contributed by atoms with van der Waals surface area (Å²) in [6.07, 6.45) is 0. The Hall–Kier alpha value is -3.58. The number of esters is 1. The maximum atomic E-state index is 12.2. The Bertz CT molecular complexity index is 1200. The summed E-state index contributed by atoms with van der Waals surface area (Å²) in [4.78, 5) is 21.7. The molecule has 1 fully saturated rings. The molecule has 7 nitrogen and oxygen atoms in total. The van der Waals surface area contributed by atoms with Crippen LogP contribution in [0.4, 0.5) is 5.82 Å². The minimum atomic E-state index is -0.542. The minimum absolute atomic E-state index is 0.124. The number of nitrogens with zero attached hydrogens (tertiary/aromatic N) is 3. The standard InChI is InChI=1S/C30H37N3O4/c1-22-7-6-8-28(31-22)33-17-15-32(16-18-33)20-24-19-26(36-21-29(34)37-30(2,3)4)13-14-27(24)23-9-11-25(35-5)12-10-23/h6-14,19H,15-18,20-21H2,1-5H3. The highest BCUT2D eigenvalue weighted by atomic mass is 16.6. The van der Waals surface area contributed by atoms with Crippen molar-refractivity contribution in [1.82, 2.24) is 9.88 Å². The van der Waals surface area contributed by atoms with Crippen LogP contribution in [0.1, 0.15) is 32.0 Å². The third-order valence-electron chi connectivity index (χ3n) is 6.22. The fourth-order valence-corrected chi connectivity index (χ4v) is 4.44. The fourth-order valence-electron chi connectivity index (χ4n) is 4.44. The first-order valence-electron chi connectivity index (χ1n) is 12.7. The molecule has 0 radical (unpaired) electrons. The maximum Gasteiger partial charge on any atom is 0.344 e. The Morgan fingerprint density at radius 2 is 1.65 bits per heavy atom. The van der Waals surface area contributed by atoms with Crippen LogP contribution in [-0.2, 0) is 16.1 Å². The molecular weight excluding hydrogens is 466 g/mol. The van der Waals surface area contributed by atoms with E-state index in [9.17, 15) is 4.79 Å². The van der Waals surface area contributed by atoms with Gasteiger partial charge in [0.05, 0.1) is 7.11 Å². The van der Waals surface area contributed by atoms with E-state index in [0.29, 0.717) is 5.75 Å². The molecule has 0 unspecified atom stereocenters. The van der Waals surface area contributed by atoms with Gasteiger partial charge < -0.3 is 19.1 Å². The van der Waals surface area contributed by atoms with Crippen molar-refractivity contribution >= 4 is 11.8 Å². The van der Waals surface area contributed by atoms with Crippen LogP contribution >= 0.6 is 0 Å². The van der Waals surface area contributed by atoms with Gasteiger partial charge in [0, 0.05) is 38.4 Å². The van der Waals surface area contributed by atoms with Gasteiger partial charge in [-0.15, -0.1) is 0 Å². The van der Waals surface area contributed by atoms with Gasteiger partial charge in [-0.2, -0.15) is 0 Å². The number of anilines is 1. The van der Waals surface area contributed by atoms with E-state index in [1.54, 1.807) is 7.11 Å². The summed E-state index contributed by atoms with van der Waals surface area (Å²) < 4.78 is 16.6. The number of benzene rings is 2. The van der Waals surface area contributed by atoms with Gasteiger partial charge >= 0.3 is 5.97 Å². The zero-order valence-electron chi connectivity index (χ0n) is 22.5. The Labute approximate surface area is 220 Å². The zero-order valence-corrected chi connectivity index (χ0v) is 22.5. The molecular formula is C30H37N3O4. The molecule has 196 valence electrons. The number of carbonyl (C=O) groups is 1. The molecule has 3 aromatic rings. The van der Waals surface area contributed by atoms with Crippen LogP contribution < -0.4 is 14.4 Å². The number of aromatic nitrogens is 1. The number of rotatable bonds is 8. The van der Waals surface area contributed by atoms with Crippen molar-refractivity contribution in [3.8, 4) is 22.6 Å². The maximum absolute atomic E-state index is 12.2. The number of aryl methyl sites for hydroxylation is 1. The number of carbonyl (C=O) groups excluding carboxylic acids is 1. The van der Waals surface area contributed by atoms with Crippen LogP contribution in [-0.4, -0.2) is 61.3 Å². The summed E-state index contributed by atoms with van der Waals surface area (Å²) in [5.41, 5.74) is 3.88. The van der Waals surface area contributed by atoms with Crippen LogP contribution in [0.5, 0.6) is 11.5 Å². The van der Waals surface area contributed by atoms with Crippen LogP contribution in [0.25, 0.3) is 11.1 Å². The molecule has 0 saturated carbocycles. The molecule has 7 heteroatoms. The second kappa shape index (κ2) is 11.6. The van der Waals surface area contributed by atoms with E-state index >= 15 is 0 Å². The van der Waals surface area contributed by atoms with Crippen molar-refractivity contribution < 1.29 is 19.0 Å². The number of ether oxygens (including phenoxy) is 3. The van der Waals surface area contributed by atoms with Crippen molar-refractivity contribution in [3.63, 3.8) is 0 Å². The average molecular weight is 504 g/mol. The van der Waals surface area contributed by atoms with E-state index in [0.717, 1.165) is 66.7 Å². The summed E-state index contributed by atoms with van der Waals surface area (Å²) in [6.45, 7) is 11.9. The molecule has 1 aliphatic rings. The molecule has 0 atom stereocenters. The molecule has 0 amide bonds. The Morgan fingerprint density at radius 3 is 2.30 bits per heavy atom. The second-order valence-corrected chi connectivity index (χ2v) is 10.3. The predicted octanol–water partition coefficient (Wildman–Crippen LogP) is 5.11. The van der Waals surface area contributed by atoms with Crippen molar-refractivity contribution in [3.05, 3.63) is 71.9 Å². The van der Waals surface area contributed by atoms with Crippen LogP contribution in [0.2, 0.25) is 0 Å². The fraction of sp³-hybridized carbons (Fsp3) is 0.400. The van der Waals surface area contributed by atoms with Gasteiger partial charge in [-0.1, -0.05) is 24.3 Å². The highest BCUT2D eigenvalue weighted by Gasteiger charge is 2.21. The monoisotopic (exact) mass is 503 g/mol. The summed E-state index contributed by atoms with van der Waals surface area (Å²) >= 11 is 0. The molecule has 0 aliphatic carbocycles. The largest absolute Gasteiger partial charge is 0.497 e. The van der Waals surface area contributed by atoms with Gasteiger partial charge in [0.1, 0.15) is 22.9 Å².